The summed E-state index contributed by atoms with van der Waals surface area (Å²) in [5, 5.41) is 2.87. The molecule has 1 aliphatic heterocycles. The number of alkyl halides is 2. The van der Waals surface area contributed by atoms with E-state index in [0.717, 1.165) is 38.3 Å². The van der Waals surface area contributed by atoms with Gasteiger partial charge in [0.2, 0.25) is 17.7 Å². The first-order valence-corrected chi connectivity index (χ1v) is 12.3. The van der Waals surface area contributed by atoms with Crippen LogP contribution in [0.3, 0.4) is 0 Å². The molecule has 1 N–H and O–H groups in total. The Hall–Kier alpha value is -3.15. The monoisotopic (exact) mass is 504 g/mol. The van der Waals surface area contributed by atoms with E-state index in [2.05, 4.69) is 5.32 Å². The number of hydrogen-bond donors (Lipinski definition) is 1. The molecule has 2 atom stereocenters. The van der Waals surface area contributed by atoms with Crippen LogP contribution in [-0.4, -0.2) is 29.2 Å². The van der Waals surface area contributed by atoms with Crippen LogP contribution >= 0.6 is 23.2 Å². The van der Waals surface area contributed by atoms with Crippen LogP contribution in [0.15, 0.2) is 66.7 Å². The molecule has 0 spiro atoms. The summed E-state index contributed by atoms with van der Waals surface area (Å²) >= 11 is 14.8. The summed E-state index contributed by atoms with van der Waals surface area (Å²) in [6.07, 6.45) is 0. The Morgan fingerprint density at radius 1 is 0.771 bits per heavy atom. The van der Waals surface area contributed by atoms with Crippen molar-refractivity contribution in [3.63, 3.8) is 0 Å². The van der Waals surface area contributed by atoms with E-state index < -0.39 is 45.9 Å². The van der Waals surface area contributed by atoms with Gasteiger partial charge in [0, 0.05) is 5.69 Å². The largest absolute Gasteiger partial charge is 0.324 e. The molecule has 5 nitrogen and oxygen atoms in total. The maximum absolute atomic E-state index is 13.8. The van der Waals surface area contributed by atoms with E-state index >= 15 is 0 Å². The van der Waals surface area contributed by atoms with Crippen molar-refractivity contribution in [1.82, 2.24) is 4.90 Å². The number of amides is 3. The van der Waals surface area contributed by atoms with Crippen molar-refractivity contribution in [3.8, 4) is 0 Å². The fraction of sp³-hybridized carbons (Fsp3) is 0.250. The summed E-state index contributed by atoms with van der Waals surface area (Å²) < 4.78 is 0. The van der Waals surface area contributed by atoms with Crippen molar-refractivity contribution in [2.45, 2.75) is 23.6 Å². The number of benzene rings is 3. The zero-order valence-corrected chi connectivity index (χ0v) is 20.7. The maximum Gasteiger partial charge on any atom is 0.244 e. The Morgan fingerprint density at radius 2 is 1.17 bits per heavy atom. The van der Waals surface area contributed by atoms with Crippen LogP contribution in [0.5, 0.6) is 0 Å². The summed E-state index contributed by atoms with van der Waals surface area (Å²) in [5.41, 5.74) is 5.42. The molecule has 3 aromatic carbocycles. The van der Waals surface area contributed by atoms with Crippen LogP contribution in [-0.2, 0) is 24.1 Å². The summed E-state index contributed by atoms with van der Waals surface area (Å²) in [5.74, 6) is -3.21. The molecule has 3 aromatic rings. The third-order valence-electron chi connectivity index (χ3n) is 7.72. The van der Waals surface area contributed by atoms with Gasteiger partial charge in [0.15, 0.2) is 0 Å². The molecular weight excluding hydrogens is 483 g/mol. The number of rotatable bonds is 3. The Balaban J connectivity index is 1.42. The lowest BCUT2D eigenvalue weighted by Crippen LogP contribution is -2.57. The predicted molar refractivity (Wildman–Crippen MR) is 134 cm³/mol. The molecule has 3 amide bonds. The molecule has 0 aromatic heterocycles. The molecule has 2 bridgehead atoms. The van der Waals surface area contributed by atoms with E-state index in [1.54, 1.807) is 0 Å². The highest BCUT2D eigenvalue weighted by Gasteiger charge is 2.73. The van der Waals surface area contributed by atoms with E-state index in [1.807, 2.05) is 80.6 Å². The van der Waals surface area contributed by atoms with Gasteiger partial charge in [-0.15, -0.1) is 23.2 Å². The van der Waals surface area contributed by atoms with Gasteiger partial charge in [-0.3, -0.25) is 19.3 Å². The average molecular weight is 505 g/mol. The first kappa shape index (κ1) is 22.3. The number of hydrogen-bond acceptors (Lipinski definition) is 3. The normalized spacial score (nSPS) is 27.9. The molecular formula is C28H22Cl2N2O3. The van der Waals surface area contributed by atoms with E-state index in [1.165, 1.54) is 0 Å². The second-order valence-electron chi connectivity index (χ2n) is 9.55. The van der Waals surface area contributed by atoms with E-state index in [-0.39, 0.29) is 0 Å². The van der Waals surface area contributed by atoms with Gasteiger partial charge in [-0.1, -0.05) is 66.7 Å². The summed E-state index contributed by atoms with van der Waals surface area (Å²) in [7, 11) is 0. The highest BCUT2D eigenvalue weighted by atomic mass is 35.5. The van der Waals surface area contributed by atoms with Gasteiger partial charge in [0.05, 0.1) is 11.8 Å². The molecule has 0 unspecified atom stereocenters. The molecule has 1 fully saturated rings. The zero-order chi connectivity index (χ0) is 24.7. The molecule has 0 radical (unpaired) electrons. The van der Waals surface area contributed by atoms with Crippen molar-refractivity contribution in [3.05, 3.63) is 100 Å². The average Bonchev–Trinajstić information content (AvgIpc) is 3.11. The number of aryl methyl sites for hydroxylation is 2. The highest BCUT2D eigenvalue weighted by molar-refractivity contribution is 6.36. The Bertz CT molecular complexity index is 1310. The van der Waals surface area contributed by atoms with Gasteiger partial charge in [-0.05, 0) is 47.2 Å². The Kier molecular flexibility index (Phi) is 4.73. The number of imide groups is 1. The van der Waals surface area contributed by atoms with Gasteiger partial charge >= 0.3 is 0 Å². The molecule has 35 heavy (non-hydrogen) atoms. The standard InChI is InChI=1S/C28H22Cl2N2O3/c1-15-8-7-9-16(2)24(15)31-21(33)14-32-25(34)22-23(26(32)35)28(30)18-11-4-3-10-17(18)27(22,29)19-12-5-6-13-20(19)28/h3-13,22-23H,14H2,1-2H3,(H,31,33)/t22-,23+,27?,28?. The molecule has 176 valence electrons. The Labute approximate surface area is 213 Å². The van der Waals surface area contributed by atoms with Crippen molar-refractivity contribution in [2.75, 3.05) is 11.9 Å². The lowest BCUT2D eigenvalue weighted by atomic mass is 9.54. The third-order valence-corrected chi connectivity index (χ3v) is 9.01. The maximum atomic E-state index is 13.8. The summed E-state index contributed by atoms with van der Waals surface area (Å²) in [6, 6.07) is 20.6. The molecule has 1 saturated heterocycles. The van der Waals surface area contributed by atoms with Gasteiger partial charge in [0.25, 0.3) is 0 Å². The number of carbonyl (C=O) groups excluding carboxylic acids is 3. The number of carbonyl (C=O) groups is 3. The van der Waals surface area contributed by atoms with Crippen LogP contribution in [0.1, 0.15) is 33.4 Å². The van der Waals surface area contributed by atoms with E-state index in [0.29, 0.717) is 5.69 Å². The number of nitrogens with one attached hydrogen (secondary N) is 1. The first-order valence-electron chi connectivity index (χ1n) is 11.5. The van der Waals surface area contributed by atoms with Crippen LogP contribution < -0.4 is 5.32 Å². The van der Waals surface area contributed by atoms with Gasteiger partial charge in [-0.25, -0.2) is 0 Å². The first-order chi connectivity index (χ1) is 16.7. The van der Waals surface area contributed by atoms with Crippen molar-refractivity contribution in [1.29, 1.82) is 0 Å². The fourth-order valence-corrected chi connectivity index (χ4v) is 7.31. The second-order valence-corrected chi connectivity index (χ2v) is 10.7. The zero-order valence-electron chi connectivity index (χ0n) is 19.1. The van der Waals surface area contributed by atoms with Crippen LogP contribution in [0.2, 0.25) is 0 Å². The fourth-order valence-electron chi connectivity index (χ4n) is 6.21. The number of halogens is 2. The molecule has 7 rings (SSSR count). The van der Waals surface area contributed by atoms with Crippen molar-refractivity contribution >= 4 is 46.6 Å². The number of anilines is 1. The predicted octanol–water partition coefficient (Wildman–Crippen LogP) is 4.84. The smallest absolute Gasteiger partial charge is 0.244 e. The summed E-state index contributed by atoms with van der Waals surface area (Å²) in [4.78, 5) is 39.2. The van der Waals surface area contributed by atoms with Crippen molar-refractivity contribution in [2.24, 2.45) is 11.8 Å². The third kappa shape index (κ3) is 2.74. The second kappa shape index (κ2) is 7.42. The van der Waals surface area contributed by atoms with Gasteiger partial charge < -0.3 is 5.32 Å². The number of nitrogens with zero attached hydrogens (tertiary/aromatic N) is 1. The lowest BCUT2D eigenvalue weighted by Gasteiger charge is -2.54. The quantitative estimate of drug-likeness (QED) is 0.410. The number of likely N-dealkylation sites (tertiary alicyclic amines) is 1. The van der Waals surface area contributed by atoms with Gasteiger partial charge in [0.1, 0.15) is 16.3 Å². The molecule has 1 heterocycles. The van der Waals surface area contributed by atoms with E-state index in [9.17, 15) is 14.4 Å². The molecule has 7 heteroatoms. The number of para-hydroxylation sites is 1. The van der Waals surface area contributed by atoms with Crippen molar-refractivity contribution < 1.29 is 14.4 Å². The highest BCUT2D eigenvalue weighted by Crippen LogP contribution is 2.69. The molecule has 0 saturated carbocycles. The van der Waals surface area contributed by atoms with Gasteiger partial charge in [-0.2, -0.15) is 0 Å². The summed E-state index contributed by atoms with van der Waals surface area (Å²) in [6.45, 7) is 3.39. The topological polar surface area (TPSA) is 66.5 Å². The minimum Gasteiger partial charge on any atom is -0.324 e. The minimum atomic E-state index is -1.25. The minimum absolute atomic E-state index is 0.398. The lowest BCUT2D eigenvalue weighted by molar-refractivity contribution is -0.142. The van der Waals surface area contributed by atoms with E-state index in [4.69, 9.17) is 23.2 Å². The van der Waals surface area contributed by atoms with Crippen LogP contribution in [0, 0.1) is 25.7 Å². The Morgan fingerprint density at radius 3 is 1.57 bits per heavy atom. The van der Waals surface area contributed by atoms with Crippen LogP contribution in [0.25, 0.3) is 0 Å². The van der Waals surface area contributed by atoms with Crippen LogP contribution in [0.4, 0.5) is 5.69 Å². The molecule has 3 aliphatic carbocycles. The SMILES string of the molecule is Cc1cccc(C)c1NC(=O)CN1C(=O)[C@@H]2[C@H](C1=O)C1(Cl)c3ccccc3C2(Cl)c2ccccc21. The molecule has 4 aliphatic rings.